The zero-order chi connectivity index (χ0) is 31.7. The molecule has 2 fully saturated rings. The number of rotatable bonds is 8. The van der Waals surface area contributed by atoms with Crippen molar-refractivity contribution >= 4 is 0 Å². The van der Waals surface area contributed by atoms with Crippen LogP contribution in [0.15, 0.2) is 140 Å². The Balaban J connectivity index is 1.28. The van der Waals surface area contributed by atoms with Crippen LogP contribution in [-0.2, 0) is 20.7 Å². The van der Waals surface area contributed by atoms with E-state index >= 15 is 0 Å². The van der Waals surface area contributed by atoms with Gasteiger partial charge in [0.15, 0.2) is 12.5 Å². The quantitative estimate of drug-likeness (QED) is 0.186. The molecule has 5 aromatic rings. The predicted octanol–water partition coefficient (Wildman–Crippen LogP) is 8.26. The van der Waals surface area contributed by atoms with E-state index < -0.39 is 23.7 Å². The van der Waals surface area contributed by atoms with Crippen molar-refractivity contribution in [3.05, 3.63) is 173 Å². The van der Waals surface area contributed by atoms with E-state index in [0.717, 1.165) is 33.6 Å². The van der Waals surface area contributed by atoms with Crippen molar-refractivity contribution in [2.45, 2.75) is 63.4 Å². The van der Waals surface area contributed by atoms with Gasteiger partial charge >= 0.3 is 0 Å². The SMILES string of the molecule is CC(C)[C@@H]1N[C@H](c2cccc([C@H]3N[C@@H](C(C)C)C(c4ccccc4)(c4ccccc4)O3)n2)OC1(c1ccccc1)c1ccccc1. The molecule has 3 heterocycles. The summed E-state index contributed by atoms with van der Waals surface area (Å²) in [5.41, 5.74) is 4.81. The van der Waals surface area contributed by atoms with Gasteiger partial charge in [0.2, 0.25) is 0 Å². The van der Waals surface area contributed by atoms with E-state index in [0.29, 0.717) is 0 Å². The number of aromatic nitrogens is 1. The Labute approximate surface area is 273 Å². The maximum Gasteiger partial charge on any atom is 0.153 e. The monoisotopic (exact) mass is 609 g/mol. The highest BCUT2D eigenvalue weighted by Crippen LogP contribution is 2.49. The smallest absolute Gasteiger partial charge is 0.153 e. The average Bonchev–Trinajstić information content (AvgIpc) is 3.73. The van der Waals surface area contributed by atoms with E-state index in [-0.39, 0.29) is 23.9 Å². The van der Waals surface area contributed by atoms with E-state index in [2.05, 4.69) is 178 Å². The number of nitrogens with zero attached hydrogens (tertiary/aromatic N) is 1. The van der Waals surface area contributed by atoms with Gasteiger partial charge in [-0.15, -0.1) is 0 Å². The predicted molar refractivity (Wildman–Crippen MR) is 183 cm³/mol. The van der Waals surface area contributed by atoms with E-state index in [4.69, 9.17) is 14.5 Å². The minimum atomic E-state index is -0.681. The summed E-state index contributed by atoms with van der Waals surface area (Å²) in [7, 11) is 0. The van der Waals surface area contributed by atoms with E-state index in [1.807, 2.05) is 0 Å². The van der Waals surface area contributed by atoms with Crippen LogP contribution in [-0.4, -0.2) is 17.1 Å². The van der Waals surface area contributed by atoms with Crippen LogP contribution in [0.5, 0.6) is 0 Å². The Hall–Kier alpha value is -4.13. The largest absolute Gasteiger partial charge is 0.340 e. The summed E-state index contributed by atoms with van der Waals surface area (Å²) in [6.45, 7) is 9.01. The lowest BCUT2D eigenvalue weighted by Crippen LogP contribution is -2.45. The molecule has 2 aliphatic rings. The molecule has 2 N–H and O–H groups in total. The van der Waals surface area contributed by atoms with Crippen molar-refractivity contribution in [3.63, 3.8) is 0 Å². The molecule has 5 heteroatoms. The first-order chi connectivity index (χ1) is 22.4. The molecular formula is C41H43N3O2. The van der Waals surface area contributed by atoms with Crippen LogP contribution in [0, 0.1) is 11.8 Å². The second kappa shape index (κ2) is 12.6. The Morgan fingerprint density at radius 2 is 0.761 bits per heavy atom. The van der Waals surface area contributed by atoms with Gasteiger partial charge in [-0.05, 0) is 46.2 Å². The highest BCUT2D eigenvalue weighted by Gasteiger charge is 2.54. The van der Waals surface area contributed by atoms with Gasteiger partial charge < -0.3 is 9.47 Å². The third-order valence-electron chi connectivity index (χ3n) is 9.62. The molecule has 46 heavy (non-hydrogen) atoms. The minimum absolute atomic E-state index is 0.0164. The van der Waals surface area contributed by atoms with Crippen molar-refractivity contribution in [2.24, 2.45) is 11.8 Å². The van der Waals surface area contributed by atoms with E-state index in [9.17, 15) is 0 Å². The fourth-order valence-corrected chi connectivity index (χ4v) is 7.59. The summed E-state index contributed by atoms with van der Waals surface area (Å²) in [5, 5.41) is 7.72. The van der Waals surface area contributed by atoms with Gasteiger partial charge in [-0.2, -0.15) is 0 Å². The molecule has 4 atom stereocenters. The van der Waals surface area contributed by atoms with Gasteiger partial charge in [-0.1, -0.05) is 155 Å². The summed E-state index contributed by atoms with van der Waals surface area (Å²) in [6, 6.07) is 48.5. The minimum Gasteiger partial charge on any atom is -0.340 e. The Kier molecular flexibility index (Phi) is 8.35. The lowest BCUT2D eigenvalue weighted by atomic mass is 9.76. The third kappa shape index (κ3) is 5.18. The molecule has 0 aliphatic carbocycles. The molecule has 5 nitrogen and oxygen atoms in total. The van der Waals surface area contributed by atoms with Crippen LogP contribution in [0.1, 0.15) is 73.8 Å². The maximum atomic E-state index is 7.20. The highest BCUT2D eigenvalue weighted by atomic mass is 16.5. The van der Waals surface area contributed by atoms with Crippen molar-refractivity contribution in [3.8, 4) is 0 Å². The molecule has 2 saturated heterocycles. The van der Waals surface area contributed by atoms with Gasteiger partial charge in [-0.3, -0.25) is 10.6 Å². The molecular weight excluding hydrogens is 566 g/mol. The first-order valence-corrected chi connectivity index (χ1v) is 16.5. The van der Waals surface area contributed by atoms with Gasteiger partial charge in [0.1, 0.15) is 11.2 Å². The van der Waals surface area contributed by atoms with Crippen molar-refractivity contribution in [1.29, 1.82) is 0 Å². The second-order valence-electron chi connectivity index (χ2n) is 13.2. The molecule has 234 valence electrons. The maximum absolute atomic E-state index is 7.20. The fourth-order valence-electron chi connectivity index (χ4n) is 7.59. The molecule has 1 aromatic heterocycles. The fraction of sp³-hybridized carbons (Fsp3) is 0.293. The van der Waals surface area contributed by atoms with Crippen LogP contribution < -0.4 is 10.6 Å². The summed E-state index contributed by atoms with van der Waals surface area (Å²) in [5.74, 6) is 0.579. The number of benzene rings is 4. The van der Waals surface area contributed by atoms with Crippen LogP contribution in [0.3, 0.4) is 0 Å². The molecule has 0 radical (unpaired) electrons. The van der Waals surface area contributed by atoms with Crippen LogP contribution in [0.4, 0.5) is 0 Å². The Bertz CT molecular complexity index is 1520. The van der Waals surface area contributed by atoms with Gasteiger partial charge in [0, 0.05) is 12.1 Å². The summed E-state index contributed by atoms with van der Waals surface area (Å²) in [4.78, 5) is 5.26. The lowest BCUT2D eigenvalue weighted by Gasteiger charge is -2.37. The molecule has 0 spiro atoms. The molecule has 0 saturated carbocycles. The Morgan fingerprint density at radius 3 is 1.04 bits per heavy atom. The molecule has 7 rings (SSSR count). The highest BCUT2D eigenvalue weighted by molar-refractivity contribution is 5.42. The lowest BCUT2D eigenvalue weighted by molar-refractivity contribution is -0.0357. The molecule has 0 unspecified atom stereocenters. The number of hydrogen-bond acceptors (Lipinski definition) is 5. The van der Waals surface area contributed by atoms with Crippen molar-refractivity contribution in [2.75, 3.05) is 0 Å². The molecule has 4 aromatic carbocycles. The van der Waals surface area contributed by atoms with Crippen LogP contribution in [0.25, 0.3) is 0 Å². The topological polar surface area (TPSA) is 55.4 Å². The third-order valence-corrected chi connectivity index (χ3v) is 9.62. The standard InChI is InChI=1S/C41H43N3O2/c1-28(2)36-40(30-18-9-5-10-19-30,31-20-11-6-12-21-31)45-38(43-36)34-26-17-27-35(42-34)39-44-37(29(3)4)41(46-39,32-22-13-7-14-23-32)33-24-15-8-16-25-33/h5-29,36-39,43-44H,1-4H3/t36-,37-,38-,39-/m0/s1. The summed E-state index contributed by atoms with van der Waals surface area (Å²) < 4.78 is 14.4. The zero-order valence-electron chi connectivity index (χ0n) is 27.0. The molecule has 0 bridgehead atoms. The number of hydrogen-bond donors (Lipinski definition) is 2. The van der Waals surface area contributed by atoms with Gasteiger partial charge in [0.25, 0.3) is 0 Å². The van der Waals surface area contributed by atoms with E-state index in [1.165, 1.54) is 0 Å². The summed E-state index contributed by atoms with van der Waals surface area (Å²) >= 11 is 0. The number of nitrogens with one attached hydrogen (secondary N) is 2. The molecule has 2 aliphatic heterocycles. The normalized spacial score (nSPS) is 23.6. The van der Waals surface area contributed by atoms with Crippen molar-refractivity contribution in [1.82, 2.24) is 15.6 Å². The summed E-state index contributed by atoms with van der Waals surface area (Å²) in [6.07, 6.45) is -0.828. The van der Waals surface area contributed by atoms with Gasteiger partial charge in [-0.25, -0.2) is 4.98 Å². The average molecular weight is 610 g/mol. The molecule has 0 amide bonds. The number of pyridine rings is 1. The van der Waals surface area contributed by atoms with E-state index in [1.54, 1.807) is 0 Å². The van der Waals surface area contributed by atoms with Crippen molar-refractivity contribution < 1.29 is 9.47 Å². The first-order valence-electron chi connectivity index (χ1n) is 16.5. The second-order valence-corrected chi connectivity index (χ2v) is 13.2. The Morgan fingerprint density at radius 1 is 0.457 bits per heavy atom. The zero-order valence-corrected chi connectivity index (χ0v) is 27.0. The van der Waals surface area contributed by atoms with Crippen LogP contribution in [0.2, 0.25) is 0 Å². The van der Waals surface area contributed by atoms with Crippen LogP contribution >= 0.6 is 0 Å². The first kappa shape index (κ1) is 30.5. The number of ether oxygens (including phenoxy) is 2. The van der Waals surface area contributed by atoms with Gasteiger partial charge in [0.05, 0.1) is 11.4 Å².